The molecule has 0 atom stereocenters. The lowest BCUT2D eigenvalue weighted by atomic mass is 10.1. The van der Waals surface area contributed by atoms with Crippen molar-refractivity contribution in [3.8, 4) is 22.7 Å². The fourth-order valence-electron chi connectivity index (χ4n) is 3.44. The minimum absolute atomic E-state index is 0.520. The maximum atomic E-state index is 5.59. The molecule has 0 amide bonds. The van der Waals surface area contributed by atoms with Crippen molar-refractivity contribution >= 4 is 17.3 Å². The number of imidazole rings is 1. The number of fused-ring (bicyclic) bond motifs is 1. The van der Waals surface area contributed by atoms with Crippen LogP contribution in [0, 0.1) is 6.92 Å². The van der Waals surface area contributed by atoms with Gasteiger partial charge in [-0.15, -0.1) is 5.10 Å². The molecule has 7 heteroatoms. The van der Waals surface area contributed by atoms with Gasteiger partial charge in [-0.05, 0) is 31.2 Å². The molecule has 0 unspecified atom stereocenters. The number of aromatic nitrogens is 5. The van der Waals surface area contributed by atoms with Gasteiger partial charge < -0.3 is 14.6 Å². The molecule has 2 aromatic carbocycles. The maximum absolute atomic E-state index is 5.59. The van der Waals surface area contributed by atoms with Crippen molar-refractivity contribution in [1.29, 1.82) is 0 Å². The normalized spacial score (nSPS) is 11.0. The van der Waals surface area contributed by atoms with Crippen LogP contribution in [0.2, 0.25) is 0 Å². The molecular formula is C23H20N6O. The number of ether oxygens (including phenoxy) is 1. The molecule has 148 valence electrons. The summed E-state index contributed by atoms with van der Waals surface area (Å²) in [5.74, 6) is 1.25. The highest BCUT2D eigenvalue weighted by Crippen LogP contribution is 2.28. The number of nitrogens with one attached hydrogen (secondary N) is 1. The minimum Gasteiger partial charge on any atom is -0.494 e. The average molecular weight is 396 g/mol. The fourth-order valence-corrected chi connectivity index (χ4v) is 3.44. The maximum Gasteiger partial charge on any atom is 0.247 e. The SMILES string of the molecule is COc1cc(Nc2nc3cccc(-c4ccccc4)n3n2)ccc1-n1cnc(C)c1. The first-order valence-electron chi connectivity index (χ1n) is 9.58. The van der Waals surface area contributed by atoms with Gasteiger partial charge in [0.1, 0.15) is 5.75 Å². The number of benzene rings is 2. The summed E-state index contributed by atoms with van der Waals surface area (Å²) in [6.07, 6.45) is 3.73. The van der Waals surface area contributed by atoms with Gasteiger partial charge >= 0.3 is 0 Å². The predicted octanol–water partition coefficient (Wildman–Crippen LogP) is 4.64. The molecule has 5 rings (SSSR count). The molecular weight excluding hydrogens is 376 g/mol. The van der Waals surface area contributed by atoms with E-state index in [0.29, 0.717) is 5.95 Å². The molecule has 3 aromatic heterocycles. The van der Waals surface area contributed by atoms with E-state index in [0.717, 1.165) is 39.7 Å². The van der Waals surface area contributed by atoms with Crippen molar-refractivity contribution in [1.82, 2.24) is 24.1 Å². The van der Waals surface area contributed by atoms with Crippen LogP contribution in [0.5, 0.6) is 5.75 Å². The third-order valence-corrected chi connectivity index (χ3v) is 4.86. The molecule has 7 nitrogen and oxygen atoms in total. The quantitative estimate of drug-likeness (QED) is 0.469. The molecule has 0 bridgehead atoms. The molecule has 0 aliphatic rings. The lowest BCUT2D eigenvalue weighted by Gasteiger charge is -2.11. The fraction of sp³-hybridized carbons (Fsp3) is 0.0870. The summed E-state index contributed by atoms with van der Waals surface area (Å²) in [5.41, 5.74) is 5.54. The Labute approximate surface area is 173 Å². The van der Waals surface area contributed by atoms with E-state index in [-0.39, 0.29) is 0 Å². The summed E-state index contributed by atoms with van der Waals surface area (Å²) in [6.45, 7) is 1.96. The Bertz CT molecular complexity index is 1320. The van der Waals surface area contributed by atoms with E-state index in [9.17, 15) is 0 Å². The Morgan fingerprint density at radius 2 is 1.83 bits per heavy atom. The summed E-state index contributed by atoms with van der Waals surface area (Å²) in [5, 5.41) is 7.94. The van der Waals surface area contributed by atoms with E-state index >= 15 is 0 Å². The molecule has 0 fully saturated rings. The van der Waals surface area contributed by atoms with Crippen molar-refractivity contribution in [3.05, 3.63) is 84.9 Å². The number of methoxy groups -OCH3 is 1. The lowest BCUT2D eigenvalue weighted by Crippen LogP contribution is -1.99. The monoisotopic (exact) mass is 396 g/mol. The van der Waals surface area contributed by atoms with Crippen LogP contribution in [-0.4, -0.2) is 31.3 Å². The number of pyridine rings is 1. The summed E-state index contributed by atoms with van der Waals surface area (Å²) < 4.78 is 9.37. The number of hydrogen-bond donors (Lipinski definition) is 1. The summed E-state index contributed by atoms with van der Waals surface area (Å²) in [6, 6.07) is 22.0. The van der Waals surface area contributed by atoms with Gasteiger partial charge in [-0.3, -0.25) is 0 Å². The van der Waals surface area contributed by atoms with Crippen molar-refractivity contribution < 1.29 is 4.74 Å². The number of anilines is 2. The smallest absolute Gasteiger partial charge is 0.247 e. The van der Waals surface area contributed by atoms with Crippen LogP contribution in [0.1, 0.15) is 5.69 Å². The molecule has 0 aliphatic heterocycles. The van der Waals surface area contributed by atoms with E-state index in [4.69, 9.17) is 4.74 Å². The molecule has 3 heterocycles. The van der Waals surface area contributed by atoms with E-state index in [1.54, 1.807) is 13.4 Å². The van der Waals surface area contributed by atoms with Gasteiger partial charge in [-0.1, -0.05) is 36.4 Å². The lowest BCUT2D eigenvalue weighted by molar-refractivity contribution is 0.413. The highest BCUT2D eigenvalue weighted by Gasteiger charge is 2.11. The van der Waals surface area contributed by atoms with Crippen LogP contribution in [0.3, 0.4) is 0 Å². The Kier molecular flexibility index (Phi) is 4.40. The van der Waals surface area contributed by atoms with Crippen LogP contribution in [0.15, 0.2) is 79.3 Å². The van der Waals surface area contributed by atoms with Crippen LogP contribution in [-0.2, 0) is 0 Å². The molecule has 0 saturated heterocycles. The molecule has 0 radical (unpaired) electrons. The standard InChI is InChI=1S/C23H20N6O/c1-16-14-28(15-24-16)20-12-11-18(13-21(20)30-2)25-23-26-22-10-6-9-19(29(22)27-23)17-7-4-3-5-8-17/h3-15H,1-2H3,(H,25,27). The van der Waals surface area contributed by atoms with Gasteiger partial charge in [-0.25, -0.2) is 9.50 Å². The topological polar surface area (TPSA) is 69.3 Å². The van der Waals surface area contributed by atoms with Crippen LogP contribution < -0.4 is 10.1 Å². The van der Waals surface area contributed by atoms with E-state index in [1.807, 2.05) is 76.8 Å². The third kappa shape index (κ3) is 3.26. The van der Waals surface area contributed by atoms with Gasteiger partial charge in [-0.2, -0.15) is 4.98 Å². The van der Waals surface area contributed by atoms with E-state index in [2.05, 4.69) is 32.5 Å². The zero-order valence-electron chi connectivity index (χ0n) is 16.6. The van der Waals surface area contributed by atoms with E-state index in [1.165, 1.54) is 0 Å². The third-order valence-electron chi connectivity index (χ3n) is 4.86. The Balaban J connectivity index is 1.49. The Morgan fingerprint density at radius 1 is 0.967 bits per heavy atom. The van der Waals surface area contributed by atoms with Gasteiger partial charge in [0.05, 0.1) is 30.5 Å². The summed E-state index contributed by atoms with van der Waals surface area (Å²) >= 11 is 0. The van der Waals surface area contributed by atoms with Crippen molar-refractivity contribution in [3.63, 3.8) is 0 Å². The first-order chi connectivity index (χ1) is 14.7. The second-order valence-electron chi connectivity index (χ2n) is 6.92. The number of hydrogen-bond acceptors (Lipinski definition) is 5. The molecule has 0 spiro atoms. The highest BCUT2D eigenvalue weighted by molar-refractivity contribution is 5.66. The number of aryl methyl sites for hydroxylation is 1. The average Bonchev–Trinajstić information content (AvgIpc) is 3.39. The minimum atomic E-state index is 0.520. The van der Waals surface area contributed by atoms with Crippen molar-refractivity contribution in [2.24, 2.45) is 0 Å². The summed E-state index contributed by atoms with van der Waals surface area (Å²) in [7, 11) is 1.65. The number of nitrogens with zero attached hydrogens (tertiary/aromatic N) is 5. The molecule has 30 heavy (non-hydrogen) atoms. The van der Waals surface area contributed by atoms with Crippen LogP contribution in [0.4, 0.5) is 11.6 Å². The molecule has 0 aliphatic carbocycles. The van der Waals surface area contributed by atoms with Gasteiger partial charge in [0, 0.05) is 23.5 Å². The van der Waals surface area contributed by atoms with Crippen molar-refractivity contribution in [2.75, 3.05) is 12.4 Å². The Morgan fingerprint density at radius 3 is 2.60 bits per heavy atom. The second kappa shape index (κ2) is 7.36. The zero-order chi connectivity index (χ0) is 20.5. The van der Waals surface area contributed by atoms with Gasteiger partial charge in [0.25, 0.3) is 0 Å². The van der Waals surface area contributed by atoms with Crippen LogP contribution >= 0.6 is 0 Å². The molecule has 5 aromatic rings. The van der Waals surface area contributed by atoms with E-state index < -0.39 is 0 Å². The van der Waals surface area contributed by atoms with Crippen molar-refractivity contribution in [2.45, 2.75) is 6.92 Å². The first-order valence-corrected chi connectivity index (χ1v) is 9.58. The Hall–Kier alpha value is -4.13. The van der Waals surface area contributed by atoms with Gasteiger partial charge in [0.15, 0.2) is 5.65 Å². The molecule has 1 N–H and O–H groups in total. The largest absolute Gasteiger partial charge is 0.494 e. The number of rotatable bonds is 5. The second-order valence-corrected chi connectivity index (χ2v) is 6.92. The zero-order valence-corrected chi connectivity index (χ0v) is 16.6. The predicted molar refractivity (Wildman–Crippen MR) is 117 cm³/mol. The first kappa shape index (κ1) is 17.9. The van der Waals surface area contributed by atoms with Crippen LogP contribution in [0.25, 0.3) is 22.6 Å². The highest BCUT2D eigenvalue weighted by atomic mass is 16.5. The molecule has 0 saturated carbocycles. The van der Waals surface area contributed by atoms with Gasteiger partial charge in [0.2, 0.25) is 5.95 Å². The summed E-state index contributed by atoms with van der Waals surface area (Å²) in [4.78, 5) is 8.90.